The number of methoxy groups -OCH3 is 1. The van der Waals surface area contributed by atoms with Crippen molar-refractivity contribution in [2.24, 2.45) is 7.05 Å². The topological polar surface area (TPSA) is 44.1 Å². The largest absolute Gasteiger partial charge is 0.497 e. The number of aromatic nitrogens is 2. The zero-order valence-corrected chi connectivity index (χ0v) is 12.7. The van der Waals surface area contributed by atoms with Gasteiger partial charge >= 0.3 is 0 Å². The first-order valence-corrected chi connectivity index (χ1v) is 7.26. The van der Waals surface area contributed by atoms with Gasteiger partial charge in [0.2, 0.25) is 0 Å². The van der Waals surface area contributed by atoms with Crippen LogP contribution in [-0.2, 0) is 19.9 Å². The molecule has 1 heterocycles. The molecule has 3 aromatic rings. The first-order chi connectivity index (χ1) is 10.7. The van der Waals surface area contributed by atoms with Gasteiger partial charge in [-0.25, -0.2) is 4.98 Å². The molecule has 0 aliphatic heterocycles. The third kappa shape index (κ3) is 2.72. The maximum absolute atomic E-state index is 12.4. The molecular weight excluding hydrogens is 276 g/mol. The fourth-order valence-electron chi connectivity index (χ4n) is 2.54. The number of rotatable bonds is 4. The second-order valence-corrected chi connectivity index (χ2v) is 5.26. The monoisotopic (exact) mass is 294 g/mol. The summed E-state index contributed by atoms with van der Waals surface area (Å²) in [5, 5.41) is 0.665. The van der Waals surface area contributed by atoms with Gasteiger partial charge in [-0.05, 0) is 36.2 Å². The van der Waals surface area contributed by atoms with E-state index in [4.69, 9.17) is 4.74 Å². The SMILES string of the molecule is COc1ccc(CCc2nc3ccccc3c(=O)n2C)cc1. The predicted octanol–water partition coefficient (Wildman–Crippen LogP) is 2.73. The van der Waals surface area contributed by atoms with Crippen molar-refractivity contribution >= 4 is 10.9 Å². The lowest BCUT2D eigenvalue weighted by Crippen LogP contribution is -2.22. The minimum atomic E-state index is 0.00957. The van der Waals surface area contributed by atoms with Crippen LogP contribution in [0.15, 0.2) is 53.3 Å². The molecule has 0 spiro atoms. The minimum absolute atomic E-state index is 0.00957. The third-order valence-electron chi connectivity index (χ3n) is 3.87. The van der Waals surface area contributed by atoms with Gasteiger partial charge in [-0.2, -0.15) is 0 Å². The molecule has 112 valence electrons. The predicted molar refractivity (Wildman–Crippen MR) is 87.4 cm³/mol. The Balaban J connectivity index is 1.87. The fourth-order valence-corrected chi connectivity index (χ4v) is 2.54. The second kappa shape index (κ2) is 6.02. The normalized spacial score (nSPS) is 10.8. The fraction of sp³-hybridized carbons (Fsp3) is 0.222. The molecule has 1 aromatic heterocycles. The average molecular weight is 294 g/mol. The highest BCUT2D eigenvalue weighted by Gasteiger charge is 2.07. The molecule has 0 amide bonds. The Labute approximate surface area is 129 Å². The van der Waals surface area contributed by atoms with Crippen LogP contribution in [0.1, 0.15) is 11.4 Å². The summed E-state index contributed by atoms with van der Waals surface area (Å²) in [7, 11) is 3.44. The van der Waals surface area contributed by atoms with Crippen LogP contribution in [0.4, 0.5) is 0 Å². The number of benzene rings is 2. The molecule has 3 rings (SSSR count). The number of ether oxygens (including phenoxy) is 1. The van der Waals surface area contributed by atoms with Gasteiger partial charge in [-0.3, -0.25) is 9.36 Å². The molecule has 0 saturated carbocycles. The number of hydrogen-bond donors (Lipinski definition) is 0. The smallest absolute Gasteiger partial charge is 0.261 e. The molecule has 0 bridgehead atoms. The summed E-state index contributed by atoms with van der Waals surface area (Å²) in [4.78, 5) is 17.0. The van der Waals surface area contributed by atoms with E-state index in [2.05, 4.69) is 4.98 Å². The maximum Gasteiger partial charge on any atom is 0.261 e. The molecule has 4 heteroatoms. The van der Waals surface area contributed by atoms with E-state index < -0.39 is 0 Å². The lowest BCUT2D eigenvalue weighted by Gasteiger charge is -2.09. The Morgan fingerprint density at radius 1 is 1.05 bits per heavy atom. The quantitative estimate of drug-likeness (QED) is 0.743. The molecule has 0 aliphatic carbocycles. The van der Waals surface area contributed by atoms with Gasteiger partial charge in [-0.15, -0.1) is 0 Å². The first-order valence-electron chi connectivity index (χ1n) is 7.26. The summed E-state index contributed by atoms with van der Waals surface area (Å²) in [6, 6.07) is 15.4. The highest BCUT2D eigenvalue weighted by molar-refractivity contribution is 5.77. The summed E-state index contributed by atoms with van der Waals surface area (Å²) in [5.74, 6) is 1.65. The standard InChI is InChI=1S/C18H18N2O2/c1-20-17(12-9-13-7-10-14(22-2)11-8-13)19-16-6-4-3-5-15(16)18(20)21/h3-8,10-11H,9,12H2,1-2H3. The van der Waals surface area contributed by atoms with E-state index in [0.717, 1.165) is 29.9 Å². The van der Waals surface area contributed by atoms with Crippen molar-refractivity contribution < 1.29 is 4.74 Å². The number of fused-ring (bicyclic) bond motifs is 1. The van der Waals surface area contributed by atoms with Gasteiger partial charge in [0.15, 0.2) is 0 Å². The first kappa shape index (κ1) is 14.3. The Bertz CT molecular complexity index is 851. The molecule has 0 unspecified atom stereocenters. The van der Waals surface area contributed by atoms with Gasteiger partial charge in [-0.1, -0.05) is 24.3 Å². The second-order valence-electron chi connectivity index (χ2n) is 5.26. The van der Waals surface area contributed by atoms with E-state index in [0.29, 0.717) is 5.39 Å². The maximum atomic E-state index is 12.4. The van der Waals surface area contributed by atoms with Gasteiger partial charge in [0.1, 0.15) is 11.6 Å². The molecule has 0 N–H and O–H groups in total. The van der Waals surface area contributed by atoms with Crippen LogP contribution in [0.2, 0.25) is 0 Å². The summed E-state index contributed by atoms with van der Waals surface area (Å²) < 4.78 is 6.80. The highest BCUT2D eigenvalue weighted by atomic mass is 16.5. The number of para-hydroxylation sites is 1. The zero-order chi connectivity index (χ0) is 15.5. The van der Waals surface area contributed by atoms with Crippen LogP contribution in [0.25, 0.3) is 10.9 Å². The molecule has 2 aromatic carbocycles. The zero-order valence-electron chi connectivity index (χ0n) is 12.7. The third-order valence-corrected chi connectivity index (χ3v) is 3.87. The van der Waals surface area contributed by atoms with Crippen molar-refractivity contribution in [3.8, 4) is 5.75 Å². The number of aryl methyl sites for hydroxylation is 2. The van der Waals surface area contributed by atoms with E-state index in [1.807, 2.05) is 48.5 Å². The Kier molecular flexibility index (Phi) is 3.92. The Morgan fingerprint density at radius 2 is 1.77 bits per heavy atom. The van der Waals surface area contributed by atoms with Crippen molar-refractivity contribution in [1.29, 1.82) is 0 Å². The van der Waals surface area contributed by atoms with Crippen LogP contribution in [-0.4, -0.2) is 16.7 Å². The van der Waals surface area contributed by atoms with Crippen LogP contribution in [0.5, 0.6) is 5.75 Å². The molecule has 0 fully saturated rings. The molecule has 0 atom stereocenters. The number of hydrogen-bond acceptors (Lipinski definition) is 3. The van der Waals surface area contributed by atoms with E-state index in [9.17, 15) is 4.79 Å². The van der Waals surface area contributed by atoms with Crippen molar-refractivity contribution in [2.75, 3.05) is 7.11 Å². The minimum Gasteiger partial charge on any atom is -0.497 e. The molecular formula is C18H18N2O2. The summed E-state index contributed by atoms with van der Waals surface area (Å²) in [6.45, 7) is 0. The van der Waals surface area contributed by atoms with Gasteiger partial charge in [0.05, 0.1) is 18.0 Å². The molecule has 0 radical (unpaired) electrons. The van der Waals surface area contributed by atoms with E-state index in [1.165, 1.54) is 5.56 Å². The average Bonchev–Trinajstić information content (AvgIpc) is 2.57. The molecule has 4 nitrogen and oxygen atoms in total. The summed E-state index contributed by atoms with van der Waals surface area (Å²) >= 11 is 0. The van der Waals surface area contributed by atoms with Crippen LogP contribution >= 0.6 is 0 Å². The molecule has 22 heavy (non-hydrogen) atoms. The van der Waals surface area contributed by atoms with E-state index in [-0.39, 0.29) is 5.56 Å². The van der Waals surface area contributed by atoms with Gasteiger partial charge in [0.25, 0.3) is 5.56 Å². The van der Waals surface area contributed by atoms with Crippen molar-refractivity contribution in [3.05, 3.63) is 70.3 Å². The lowest BCUT2D eigenvalue weighted by atomic mass is 10.1. The van der Waals surface area contributed by atoms with Crippen LogP contribution in [0.3, 0.4) is 0 Å². The lowest BCUT2D eigenvalue weighted by molar-refractivity contribution is 0.414. The molecule has 0 aliphatic rings. The Hall–Kier alpha value is -2.62. The van der Waals surface area contributed by atoms with Gasteiger partial charge in [0, 0.05) is 13.5 Å². The van der Waals surface area contributed by atoms with Gasteiger partial charge < -0.3 is 4.74 Å². The summed E-state index contributed by atoms with van der Waals surface area (Å²) in [5.41, 5.74) is 1.97. The molecule has 0 saturated heterocycles. The number of nitrogens with zero attached hydrogens (tertiary/aromatic N) is 2. The van der Waals surface area contributed by atoms with Crippen molar-refractivity contribution in [1.82, 2.24) is 9.55 Å². The van der Waals surface area contributed by atoms with Crippen LogP contribution in [0, 0.1) is 0 Å². The van der Waals surface area contributed by atoms with E-state index in [1.54, 1.807) is 18.7 Å². The van der Waals surface area contributed by atoms with Crippen molar-refractivity contribution in [3.63, 3.8) is 0 Å². The Morgan fingerprint density at radius 3 is 2.50 bits per heavy atom. The van der Waals surface area contributed by atoms with Crippen molar-refractivity contribution in [2.45, 2.75) is 12.8 Å². The highest BCUT2D eigenvalue weighted by Crippen LogP contribution is 2.13. The van der Waals surface area contributed by atoms with E-state index >= 15 is 0 Å². The summed E-state index contributed by atoms with van der Waals surface area (Å²) in [6.07, 6.45) is 1.56. The van der Waals surface area contributed by atoms with Crippen LogP contribution < -0.4 is 10.3 Å².